The van der Waals surface area contributed by atoms with Crippen molar-refractivity contribution >= 4 is 33.3 Å². The fraction of sp³-hybridized carbons (Fsp3) is 0.333. The number of benzene rings is 1. The van der Waals surface area contributed by atoms with Crippen LogP contribution in [-0.2, 0) is 24.1 Å². The second-order valence-corrected chi connectivity index (χ2v) is 7.03. The highest BCUT2D eigenvalue weighted by molar-refractivity contribution is 7.16. The minimum Gasteiger partial charge on any atom is -0.383 e. The van der Waals surface area contributed by atoms with Crippen molar-refractivity contribution in [3.05, 3.63) is 46.6 Å². The summed E-state index contributed by atoms with van der Waals surface area (Å²) in [5.41, 5.74) is 2.87. The van der Waals surface area contributed by atoms with Crippen LogP contribution in [0.1, 0.15) is 27.3 Å². The molecule has 0 fully saturated rings. The van der Waals surface area contributed by atoms with Crippen LogP contribution >= 0.6 is 11.3 Å². The number of anilines is 1. The first kappa shape index (κ1) is 15.4. The number of amides is 1. The minimum absolute atomic E-state index is 0.102. The number of carbonyl (C=O) groups excluding carboxylic acids is 1. The molecule has 0 saturated heterocycles. The number of rotatable bonds is 5. The second kappa shape index (κ2) is 6.37. The average molecular weight is 341 g/mol. The maximum Gasteiger partial charge on any atom is 0.259 e. The number of aromatic nitrogens is 2. The molecule has 1 aliphatic carbocycles. The molecule has 0 atom stereocenters. The Balaban J connectivity index is 1.63. The van der Waals surface area contributed by atoms with Crippen LogP contribution in [-0.4, -0.2) is 29.2 Å². The summed E-state index contributed by atoms with van der Waals surface area (Å²) in [6.07, 6.45) is 5.19. The molecule has 0 aliphatic heterocycles. The van der Waals surface area contributed by atoms with Crippen LogP contribution < -0.4 is 5.32 Å². The zero-order valence-electron chi connectivity index (χ0n) is 13.5. The highest BCUT2D eigenvalue weighted by Crippen LogP contribution is 2.31. The Morgan fingerprint density at radius 1 is 1.38 bits per heavy atom. The van der Waals surface area contributed by atoms with Crippen LogP contribution in [0.25, 0.3) is 10.9 Å². The van der Waals surface area contributed by atoms with Crippen molar-refractivity contribution in [3.8, 4) is 0 Å². The van der Waals surface area contributed by atoms with Gasteiger partial charge in [-0.05, 0) is 25.3 Å². The predicted molar refractivity (Wildman–Crippen MR) is 95.9 cm³/mol. The lowest BCUT2D eigenvalue weighted by atomic mass is 10.1. The van der Waals surface area contributed by atoms with E-state index >= 15 is 0 Å². The van der Waals surface area contributed by atoms with E-state index < -0.39 is 0 Å². The number of aryl methyl sites for hydroxylation is 2. The number of para-hydroxylation sites is 1. The Morgan fingerprint density at radius 3 is 3.08 bits per heavy atom. The summed E-state index contributed by atoms with van der Waals surface area (Å²) < 4.78 is 7.23. The van der Waals surface area contributed by atoms with Crippen molar-refractivity contribution in [1.29, 1.82) is 0 Å². The van der Waals surface area contributed by atoms with Crippen LogP contribution in [0.15, 0.2) is 30.5 Å². The van der Waals surface area contributed by atoms with Crippen LogP contribution in [0.5, 0.6) is 0 Å². The Hall–Kier alpha value is -2.18. The molecule has 0 bridgehead atoms. The number of thiazole rings is 1. The zero-order valence-corrected chi connectivity index (χ0v) is 14.4. The molecule has 0 radical (unpaired) electrons. The Kier molecular flexibility index (Phi) is 4.08. The molecular formula is C18H19N3O2S. The van der Waals surface area contributed by atoms with Crippen molar-refractivity contribution in [3.63, 3.8) is 0 Å². The van der Waals surface area contributed by atoms with Gasteiger partial charge in [-0.3, -0.25) is 10.1 Å². The van der Waals surface area contributed by atoms with E-state index in [1.165, 1.54) is 11.3 Å². The third-order valence-corrected chi connectivity index (χ3v) is 5.46. The summed E-state index contributed by atoms with van der Waals surface area (Å²) in [6, 6.07) is 7.95. The van der Waals surface area contributed by atoms with Gasteiger partial charge in [-0.25, -0.2) is 4.98 Å². The van der Waals surface area contributed by atoms with E-state index in [-0.39, 0.29) is 5.91 Å². The fourth-order valence-corrected chi connectivity index (χ4v) is 4.26. The molecule has 124 valence electrons. The third kappa shape index (κ3) is 2.72. The van der Waals surface area contributed by atoms with Crippen molar-refractivity contribution in [2.45, 2.75) is 25.8 Å². The molecule has 1 aliphatic rings. The maximum absolute atomic E-state index is 12.8. The van der Waals surface area contributed by atoms with E-state index in [4.69, 9.17) is 4.74 Å². The van der Waals surface area contributed by atoms with E-state index in [9.17, 15) is 4.79 Å². The molecule has 2 aromatic heterocycles. The van der Waals surface area contributed by atoms with Gasteiger partial charge in [0.25, 0.3) is 5.91 Å². The van der Waals surface area contributed by atoms with Crippen LogP contribution in [0.4, 0.5) is 5.13 Å². The SMILES string of the molecule is COCCn1cc(C(=O)Nc2nc3c(s2)CCC3)c2ccccc21. The van der Waals surface area contributed by atoms with Crippen LogP contribution in [0, 0.1) is 0 Å². The average Bonchev–Trinajstić information content (AvgIpc) is 3.25. The molecule has 1 N–H and O–H groups in total. The minimum atomic E-state index is -0.102. The number of ether oxygens (including phenoxy) is 1. The first-order valence-corrected chi connectivity index (χ1v) is 8.94. The maximum atomic E-state index is 12.8. The van der Waals surface area contributed by atoms with Gasteiger partial charge in [0, 0.05) is 35.6 Å². The Morgan fingerprint density at radius 2 is 2.25 bits per heavy atom. The van der Waals surface area contributed by atoms with Crippen molar-refractivity contribution < 1.29 is 9.53 Å². The topological polar surface area (TPSA) is 56.1 Å². The lowest BCUT2D eigenvalue weighted by molar-refractivity contribution is 0.102. The van der Waals surface area contributed by atoms with E-state index in [1.54, 1.807) is 18.4 Å². The van der Waals surface area contributed by atoms with Gasteiger partial charge in [0.05, 0.1) is 17.9 Å². The summed E-state index contributed by atoms with van der Waals surface area (Å²) in [5.74, 6) is -0.102. The zero-order chi connectivity index (χ0) is 16.5. The molecule has 6 heteroatoms. The number of hydrogen-bond donors (Lipinski definition) is 1. The quantitative estimate of drug-likeness (QED) is 0.773. The molecule has 5 nitrogen and oxygen atoms in total. The molecule has 0 saturated carbocycles. The van der Waals surface area contributed by atoms with E-state index in [1.807, 2.05) is 30.5 Å². The number of methoxy groups -OCH3 is 1. The Bertz CT molecular complexity index is 875. The smallest absolute Gasteiger partial charge is 0.259 e. The molecule has 1 amide bonds. The van der Waals surface area contributed by atoms with Crippen molar-refractivity contribution in [1.82, 2.24) is 9.55 Å². The van der Waals surface area contributed by atoms with Crippen molar-refractivity contribution in [2.75, 3.05) is 19.0 Å². The van der Waals surface area contributed by atoms with Gasteiger partial charge in [0.2, 0.25) is 0 Å². The number of hydrogen-bond acceptors (Lipinski definition) is 4. The number of nitrogens with zero attached hydrogens (tertiary/aromatic N) is 2. The fourth-order valence-electron chi connectivity index (χ4n) is 3.21. The summed E-state index contributed by atoms with van der Waals surface area (Å²) in [5, 5.41) is 4.63. The Labute approximate surface area is 144 Å². The number of nitrogens with one attached hydrogen (secondary N) is 1. The largest absolute Gasteiger partial charge is 0.383 e. The van der Waals surface area contributed by atoms with Gasteiger partial charge >= 0.3 is 0 Å². The van der Waals surface area contributed by atoms with Gasteiger partial charge in [-0.15, -0.1) is 11.3 Å². The van der Waals surface area contributed by atoms with Gasteiger partial charge < -0.3 is 9.30 Å². The number of carbonyl (C=O) groups is 1. The van der Waals surface area contributed by atoms with Crippen LogP contribution in [0.2, 0.25) is 0 Å². The van der Waals surface area contributed by atoms with E-state index in [0.717, 1.165) is 36.0 Å². The summed E-state index contributed by atoms with van der Waals surface area (Å²) in [6.45, 7) is 1.33. The summed E-state index contributed by atoms with van der Waals surface area (Å²) in [4.78, 5) is 18.6. The molecular weight excluding hydrogens is 322 g/mol. The predicted octanol–water partition coefficient (Wildman–Crippen LogP) is 3.49. The molecule has 0 unspecified atom stereocenters. The normalized spacial score (nSPS) is 13.4. The highest BCUT2D eigenvalue weighted by atomic mass is 32.1. The van der Waals surface area contributed by atoms with Gasteiger partial charge in [-0.1, -0.05) is 18.2 Å². The highest BCUT2D eigenvalue weighted by Gasteiger charge is 2.20. The van der Waals surface area contributed by atoms with E-state index in [0.29, 0.717) is 17.3 Å². The molecule has 0 spiro atoms. The molecule has 24 heavy (non-hydrogen) atoms. The molecule has 4 rings (SSSR count). The third-order valence-electron chi connectivity index (χ3n) is 4.39. The van der Waals surface area contributed by atoms with Crippen molar-refractivity contribution in [2.24, 2.45) is 0 Å². The standard InChI is InChI=1S/C18H19N3O2S/c1-23-10-9-21-11-13(12-5-2-3-7-15(12)21)17(22)20-18-19-14-6-4-8-16(14)24-18/h2-3,5,7,11H,4,6,8-10H2,1H3,(H,19,20,22). The van der Waals surface area contributed by atoms with Crippen LogP contribution in [0.3, 0.4) is 0 Å². The van der Waals surface area contributed by atoms with Gasteiger partial charge in [0.15, 0.2) is 5.13 Å². The molecule has 2 heterocycles. The van der Waals surface area contributed by atoms with Gasteiger partial charge in [0.1, 0.15) is 0 Å². The molecule has 1 aromatic carbocycles. The molecule has 3 aromatic rings. The summed E-state index contributed by atoms with van der Waals surface area (Å²) >= 11 is 1.60. The number of fused-ring (bicyclic) bond motifs is 2. The monoisotopic (exact) mass is 341 g/mol. The first-order valence-electron chi connectivity index (χ1n) is 8.13. The van der Waals surface area contributed by atoms with E-state index in [2.05, 4.69) is 14.9 Å². The second-order valence-electron chi connectivity index (χ2n) is 5.94. The first-order chi connectivity index (χ1) is 11.8. The lowest BCUT2D eigenvalue weighted by Gasteiger charge is -2.03. The lowest BCUT2D eigenvalue weighted by Crippen LogP contribution is -2.11. The van der Waals surface area contributed by atoms with Gasteiger partial charge in [-0.2, -0.15) is 0 Å². The summed E-state index contributed by atoms with van der Waals surface area (Å²) in [7, 11) is 1.68.